The van der Waals surface area contributed by atoms with Crippen LogP contribution in [0.15, 0.2) is 23.3 Å². The number of hydrogen-bond donors (Lipinski definition) is 0. The van der Waals surface area contributed by atoms with Crippen LogP contribution in [0.25, 0.3) is 0 Å². The summed E-state index contributed by atoms with van der Waals surface area (Å²) in [6.45, 7) is 4.33. The molecular weight excluding hydrogens is 144 g/mol. The van der Waals surface area contributed by atoms with E-state index in [9.17, 15) is 0 Å². The molecule has 0 aromatic heterocycles. The predicted molar refractivity (Wildman–Crippen MR) is 55.2 cm³/mol. The van der Waals surface area contributed by atoms with Gasteiger partial charge in [-0.1, -0.05) is 25.0 Å². The molecule has 1 aliphatic rings. The van der Waals surface area contributed by atoms with Crippen LogP contribution in [0.5, 0.6) is 0 Å². The van der Waals surface area contributed by atoms with Gasteiger partial charge in [0.15, 0.2) is 0 Å². The molecule has 0 atom stereocenters. The standard InChI is InChI=1S/C12H20/c1-3-11-9-7-5-6-8-10-12(11)4-2/h3-4H,5-10H2,1-2H3/b11-3+,12-4+. The molecule has 0 unspecified atom stereocenters. The summed E-state index contributed by atoms with van der Waals surface area (Å²) in [6.07, 6.45) is 12.8. The van der Waals surface area contributed by atoms with Gasteiger partial charge in [-0.05, 0) is 50.7 Å². The fourth-order valence-corrected chi connectivity index (χ4v) is 1.97. The highest BCUT2D eigenvalue weighted by Crippen LogP contribution is 2.26. The predicted octanol–water partition coefficient (Wildman–Crippen LogP) is 4.23. The maximum absolute atomic E-state index is 2.29. The molecule has 0 amide bonds. The van der Waals surface area contributed by atoms with Crippen LogP contribution in [-0.2, 0) is 0 Å². The molecule has 1 saturated carbocycles. The van der Waals surface area contributed by atoms with E-state index in [0.29, 0.717) is 0 Å². The Bertz CT molecular complexity index is 162. The second-order valence-corrected chi connectivity index (χ2v) is 3.54. The van der Waals surface area contributed by atoms with Crippen LogP contribution in [-0.4, -0.2) is 0 Å². The largest absolute Gasteiger partial charge is 0.0842 e. The van der Waals surface area contributed by atoms with Crippen LogP contribution < -0.4 is 0 Å². The lowest BCUT2D eigenvalue weighted by Gasteiger charge is -2.15. The minimum atomic E-state index is 1.30. The van der Waals surface area contributed by atoms with E-state index < -0.39 is 0 Å². The zero-order valence-corrected chi connectivity index (χ0v) is 8.40. The molecule has 1 fully saturated rings. The summed E-state index contributed by atoms with van der Waals surface area (Å²) >= 11 is 0. The maximum atomic E-state index is 2.29. The monoisotopic (exact) mass is 164 g/mol. The molecule has 0 saturated heterocycles. The van der Waals surface area contributed by atoms with Gasteiger partial charge in [0.05, 0.1) is 0 Å². The van der Waals surface area contributed by atoms with E-state index in [1.807, 2.05) is 0 Å². The minimum absolute atomic E-state index is 1.30. The number of rotatable bonds is 0. The molecule has 0 aromatic carbocycles. The molecule has 68 valence electrons. The fraction of sp³-hybridized carbons (Fsp3) is 0.667. The summed E-state index contributed by atoms with van der Waals surface area (Å²) in [5.74, 6) is 0. The summed E-state index contributed by atoms with van der Waals surface area (Å²) in [4.78, 5) is 0. The van der Waals surface area contributed by atoms with Gasteiger partial charge in [-0.3, -0.25) is 0 Å². The smallest absolute Gasteiger partial charge is 0.0280 e. The summed E-state index contributed by atoms with van der Waals surface area (Å²) in [6, 6.07) is 0. The Morgan fingerprint density at radius 3 is 1.50 bits per heavy atom. The Morgan fingerprint density at radius 1 is 0.750 bits per heavy atom. The van der Waals surface area contributed by atoms with Gasteiger partial charge in [-0.15, -0.1) is 0 Å². The average Bonchev–Trinajstić information content (AvgIpc) is 2.05. The van der Waals surface area contributed by atoms with Gasteiger partial charge in [-0.25, -0.2) is 0 Å². The van der Waals surface area contributed by atoms with Crippen molar-refractivity contribution in [2.75, 3.05) is 0 Å². The van der Waals surface area contributed by atoms with Gasteiger partial charge in [0, 0.05) is 0 Å². The summed E-state index contributed by atoms with van der Waals surface area (Å²) in [5.41, 5.74) is 3.19. The van der Waals surface area contributed by atoms with Crippen molar-refractivity contribution in [3.8, 4) is 0 Å². The van der Waals surface area contributed by atoms with Crippen molar-refractivity contribution in [3.05, 3.63) is 23.3 Å². The molecule has 0 heteroatoms. The molecule has 0 bridgehead atoms. The lowest BCUT2D eigenvalue weighted by atomic mass is 9.91. The van der Waals surface area contributed by atoms with E-state index in [4.69, 9.17) is 0 Å². The molecule has 0 nitrogen and oxygen atoms in total. The third-order valence-corrected chi connectivity index (χ3v) is 2.75. The van der Waals surface area contributed by atoms with E-state index in [1.54, 1.807) is 11.1 Å². The van der Waals surface area contributed by atoms with Gasteiger partial charge in [0.2, 0.25) is 0 Å². The lowest BCUT2D eigenvalue weighted by Crippen LogP contribution is -1.95. The summed E-state index contributed by atoms with van der Waals surface area (Å²) < 4.78 is 0. The van der Waals surface area contributed by atoms with Crippen molar-refractivity contribution in [3.63, 3.8) is 0 Å². The Hall–Kier alpha value is -0.520. The van der Waals surface area contributed by atoms with Crippen LogP contribution in [0, 0.1) is 0 Å². The average molecular weight is 164 g/mol. The highest BCUT2D eigenvalue weighted by atomic mass is 14.1. The van der Waals surface area contributed by atoms with E-state index in [-0.39, 0.29) is 0 Å². The molecule has 0 N–H and O–H groups in total. The van der Waals surface area contributed by atoms with Crippen LogP contribution in [0.4, 0.5) is 0 Å². The highest BCUT2D eigenvalue weighted by molar-refractivity contribution is 5.30. The molecule has 1 rings (SSSR count). The van der Waals surface area contributed by atoms with Crippen molar-refractivity contribution in [1.82, 2.24) is 0 Å². The second-order valence-electron chi connectivity index (χ2n) is 3.54. The zero-order valence-electron chi connectivity index (χ0n) is 8.40. The Morgan fingerprint density at radius 2 is 1.17 bits per heavy atom. The van der Waals surface area contributed by atoms with Crippen LogP contribution in [0.3, 0.4) is 0 Å². The lowest BCUT2D eigenvalue weighted by molar-refractivity contribution is 0.613. The van der Waals surface area contributed by atoms with Crippen molar-refractivity contribution in [1.29, 1.82) is 0 Å². The normalized spacial score (nSPS) is 27.2. The molecule has 0 heterocycles. The van der Waals surface area contributed by atoms with Gasteiger partial charge in [0.1, 0.15) is 0 Å². The first-order valence-electron chi connectivity index (χ1n) is 5.19. The molecule has 0 radical (unpaired) electrons. The fourth-order valence-electron chi connectivity index (χ4n) is 1.97. The number of allylic oxidation sites excluding steroid dienone is 4. The second kappa shape index (κ2) is 5.18. The third-order valence-electron chi connectivity index (χ3n) is 2.75. The number of hydrogen-bond acceptors (Lipinski definition) is 0. The maximum Gasteiger partial charge on any atom is -0.0280 e. The van der Waals surface area contributed by atoms with Crippen LogP contribution in [0.1, 0.15) is 52.4 Å². The molecule has 1 aliphatic carbocycles. The summed E-state index contributed by atoms with van der Waals surface area (Å²) in [5, 5.41) is 0. The first-order chi connectivity index (χ1) is 5.88. The first kappa shape index (κ1) is 9.57. The van der Waals surface area contributed by atoms with Crippen LogP contribution in [0.2, 0.25) is 0 Å². The van der Waals surface area contributed by atoms with Gasteiger partial charge >= 0.3 is 0 Å². The van der Waals surface area contributed by atoms with Crippen LogP contribution >= 0.6 is 0 Å². The zero-order chi connectivity index (χ0) is 8.81. The van der Waals surface area contributed by atoms with E-state index >= 15 is 0 Å². The topological polar surface area (TPSA) is 0 Å². The van der Waals surface area contributed by atoms with Crippen molar-refractivity contribution in [2.45, 2.75) is 52.4 Å². The molecular formula is C12H20. The molecule has 0 spiro atoms. The van der Waals surface area contributed by atoms with Gasteiger partial charge in [0.25, 0.3) is 0 Å². The van der Waals surface area contributed by atoms with Gasteiger partial charge < -0.3 is 0 Å². The van der Waals surface area contributed by atoms with Crippen molar-refractivity contribution in [2.24, 2.45) is 0 Å². The quantitative estimate of drug-likeness (QED) is 0.502. The summed E-state index contributed by atoms with van der Waals surface area (Å²) in [7, 11) is 0. The molecule has 0 aliphatic heterocycles. The molecule has 12 heavy (non-hydrogen) atoms. The van der Waals surface area contributed by atoms with Gasteiger partial charge in [-0.2, -0.15) is 0 Å². The Kier molecular flexibility index (Phi) is 4.13. The van der Waals surface area contributed by atoms with Crippen molar-refractivity contribution >= 4 is 0 Å². The van der Waals surface area contributed by atoms with E-state index in [0.717, 1.165) is 0 Å². The third kappa shape index (κ3) is 2.51. The van der Waals surface area contributed by atoms with Crippen molar-refractivity contribution < 1.29 is 0 Å². The highest BCUT2D eigenvalue weighted by Gasteiger charge is 2.06. The van der Waals surface area contributed by atoms with E-state index in [2.05, 4.69) is 26.0 Å². The first-order valence-corrected chi connectivity index (χ1v) is 5.19. The van der Waals surface area contributed by atoms with E-state index in [1.165, 1.54) is 38.5 Å². The Balaban J connectivity index is 2.65. The minimum Gasteiger partial charge on any atom is -0.0842 e. The molecule has 0 aromatic rings. The SMILES string of the molecule is C/C=C1\CCCCCC\C1=C/C. The Labute approximate surface area is 76.4 Å².